The molecule has 0 heterocycles. The molecule has 2 unspecified atom stereocenters. The first-order valence-electron chi connectivity index (χ1n) is 7.98. The van der Waals surface area contributed by atoms with Gasteiger partial charge in [0.15, 0.2) is 11.5 Å². The smallest absolute Gasteiger partial charge is 0.161 e. The second kappa shape index (κ2) is 9.51. The average Bonchev–Trinajstić information content (AvgIpc) is 2.60. The summed E-state index contributed by atoms with van der Waals surface area (Å²) in [6.45, 7) is 4.52. The summed E-state index contributed by atoms with van der Waals surface area (Å²) in [5.74, 6) is 1.65. The molecule has 0 radical (unpaired) electrons. The number of nitrogens with two attached hydrogens (primary N) is 1. The first kappa shape index (κ1) is 21.1. The maximum atomic E-state index is 10.5. The van der Waals surface area contributed by atoms with Gasteiger partial charge in [0.05, 0.1) is 14.2 Å². The molecule has 0 spiro atoms. The fourth-order valence-corrected chi connectivity index (χ4v) is 2.62. The summed E-state index contributed by atoms with van der Waals surface area (Å²) in [6.07, 6.45) is -0.607. The number of quaternary nitrogens is 1. The van der Waals surface area contributed by atoms with Gasteiger partial charge in [-0.15, -0.1) is 0 Å². The standard InChI is InChI=1S/C19H25NO4.ClH/c1-12-9-15(6-7-16(12)21)19(22)13(2)20-11-14-5-8-17(23-3)18(10-14)24-4;/h5-10,13,19-22H,11H2,1-4H3;1H. The van der Waals surface area contributed by atoms with E-state index in [1.165, 1.54) is 0 Å². The zero-order valence-electron chi connectivity index (χ0n) is 15.0. The molecular weight excluding hydrogens is 342 g/mol. The van der Waals surface area contributed by atoms with E-state index >= 15 is 0 Å². The molecule has 0 fully saturated rings. The Kier molecular flexibility index (Phi) is 8.03. The van der Waals surface area contributed by atoms with Crippen LogP contribution in [0.5, 0.6) is 17.2 Å². The lowest BCUT2D eigenvalue weighted by Crippen LogP contribution is -3.00. The molecule has 0 aliphatic heterocycles. The van der Waals surface area contributed by atoms with Crippen LogP contribution in [0.3, 0.4) is 0 Å². The number of methoxy groups -OCH3 is 2. The van der Waals surface area contributed by atoms with Crippen LogP contribution in [0.2, 0.25) is 0 Å². The van der Waals surface area contributed by atoms with Gasteiger partial charge in [-0.25, -0.2) is 0 Å². The van der Waals surface area contributed by atoms with Crippen LogP contribution in [0.15, 0.2) is 36.4 Å². The second-order valence-electron chi connectivity index (χ2n) is 5.98. The largest absolute Gasteiger partial charge is 1.00 e. The van der Waals surface area contributed by atoms with E-state index in [0.717, 1.165) is 23.2 Å². The number of aromatic hydroxyl groups is 1. The van der Waals surface area contributed by atoms with E-state index in [2.05, 4.69) is 5.32 Å². The molecular formula is C19H26ClNO4. The molecule has 0 amide bonds. The minimum absolute atomic E-state index is 0. The zero-order chi connectivity index (χ0) is 17.7. The van der Waals surface area contributed by atoms with Gasteiger partial charge in [0, 0.05) is 5.56 Å². The van der Waals surface area contributed by atoms with Gasteiger partial charge in [0.25, 0.3) is 0 Å². The highest BCUT2D eigenvalue weighted by molar-refractivity contribution is 5.42. The van der Waals surface area contributed by atoms with Crippen LogP contribution < -0.4 is 27.2 Å². The summed E-state index contributed by atoms with van der Waals surface area (Å²) >= 11 is 0. The highest BCUT2D eigenvalue weighted by atomic mass is 35.5. The molecule has 0 aliphatic rings. The summed E-state index contributed by atoms with van der Waals surface area (Å²) in [6, 6.07) is 11.0. The third kappa shape index (κ3) is 5.26. The Bertz CT molecular complexity index is 693. The predicted octanol–water partition coefficient (Wildman–Crippen LogP) is -1.09. The Balaban J connectivity index is 0.00000312. The number of phenolic OH excluding ortho intramolecular Hbond substituents is 1. The first-order valence-corrected chi connectivity index (χ1v) is 7.98. The van der Waals surface area contributed by atoms with Gasteiger partial charge in [-0.2, -0.15) is 0 Å². The van der Waals surface area contributed by atoms with Gasteiger partial charge in [-0.1, -0.05) is 6.07 Å². The van der Waals surface area contributed by atoms with Crippen molar-refractivity contribution in [3.05, 3.63) is 53.1 Å². The van der Waals surface area contributed by atoms with Crippen LogP contribution in [0.25, 0.3) is 0 Å². The van der Waals surface area contributed by atoms with E-state index in [-0.39, 0.29) is 24.2 Å². The Morgan fingerprint density at radius 2 is 1.72 bits per heavy atom. The summed E-state index contributed by atoms with van der Waals surface area (Å²) in [4.78, 5) is 0. The molecule has 0 aliphatic carbocycles. The SMILES string of the molecule is COc1ccc(C[NH2+]C(C)C(O)c2ccc(O)c(C)c2)cc1OC.[Cl-]. The molecule has 2 aromatic rings. The third-order valence-electron chi connectivity index (χ3n) is 4.23. The molecule has 0 aromatic heterocycles. The van der Waals surface area contributed by atoms with Gasteiger partial charge in [-0.3, -0.25) is 0 Å². The summed E-state index contributed by atoms with van der Waals surface area (Å²) in [5, 5.41) is 22.2. The molecule has 2 atom stereocenters. The number of ether oxygens (including phenoxy) is 2. The number of rotatable bonds is 7. The summed E-state index contributed by atoms with van der Waals surface area (Å²) in [7, 11) is 3.23. The quantitative estimate of drug-likeness (QED) is 0.581. The number of phenols is 1. The van der Waals surface area contributed by atoms with E-state index in [1.807, 2.05) is 38.1 Å². The highest BCUT2D eigenvalue weighted by Gasteiger charge is 2.20. The number of hydrogen-bond acceptors (Lipinski definition) is 4. The van der Waals surface area contributed by atoms with Gasteiger partial charge >= 0.3 is 0 Å². The van der Waals surface area contributed by atoms with E-state index in [9.17, 15) is 10.2 Å². The van der Waals surface area contributed by atoms with Gasteiger partial charge in [-0.05, 0) is 55.3 Å². The van der Waals surface area contributed by atoms with Crippen LogP contribution in [0.4, 0.5) is 0 Å². The number of halogens is 1. The fourth-order valence-electron chi connectivity index (χ4n) is 2.62. The van der Waals surface area contributed by atoms with Crippen molar-refractivity contribution in [3.8, 4) is 17.2 Å². The minimum atomic E-state index is -0.607. The van der Waals surface area contributed by atoms with Crippen LogP contribution in [-0.4, -0.2) is 30.5 Å². The van der Waals surface area contributed by atoms with E-state index < -0.39 is 6.10 Å². The maximum Gasteiger partial charge on any atom is 0.161 e. The molecule has 6 heteroatoms. The van der Waals surface area contributed by atoms with Crippen molar-refractivity contribution in [2.45, 2.75) is 32.5 Å². The Hall–Kier alpha value is -1.95. The average molecular weight is 368 g/mol. The van der Waals surface area contributed by atoms with Crippen molar-refractivity contribution >= 4 is 0 Å². The monoisotopic (exact) mass is 367 g/mol. The number of aliphatic hydroxyl groups excluding tert-OH is 1. The molecule has 2 rings (SSSR count). The first-order chi connectivity index (χ1) is 11.5. The fraction of sp³-hybridized carbons (Fsp3) is 0.368. The van der Waals surface area contributed by atoms with Crippen molar-refractivity contribution in [2.75, 3.05) is 14.2 Å². The molecule has 25 heavy (non-hydrogen) atoms. The molecule has 0 saturated carbocycles. The Labute approximate surface area is 155 Å². The van der Waals surface area contributed by atoms with Gasteiger partial charge in [0.1, 0.15) is 24.4 Å². The Morgan fingerprint density at radius 1 is 1.04 bits per heavy atom. The lowest BCUT2D eigenvalue weighted by atomic mass is 10.0. The lowest BCUT2D eigenvalue weighted by Gasteiger charge is -2.19. The molecule has 0 bridgehead atoms. The highest BCUT2D eigenvalue weighted by Crippen LogP contribution is 2.27. The van der Waals surface area contributed by atoms with Crippen molar-refractivity contribution in [3.63, 3.8) is 0 Å². The molecule has 138 valence electrons. The van der Waals surface area contributed by atoms with E-state index in [0.29, 0.717) is 11.5 Å². The summed E-state index contributed by atoms with van der Waals surface area (Å²) < 4.78 is 10.6. The van der Waals surface area contributed by atoms with Crippen LogP contribution >= 0.6 is 0 Å². The van der Waals surface area contributed by atoms with E-state index in [1.54, 1.807) is 26.4 Å². The van der Waals surface area contributed by atoms with Crippen LogP contribution in [0.1, 0.15) is 29.7 Å². The predicted molar refractivity (Wildman–Crippen MR) is 92.4 cm³/mol. The van der Waals surface area contributed by atoms with Crippen molar-refractivity contribution in [1.29, 1.82) is 0 Å². The molecule has 2 aromatic carbocycles. The third-order valence-corrected chi connectivity index (χ3v) is 4.23. The minimum Gasteiger partial charge on any atom is -1.00 e. The van der Waals surface area contributed by atoms with Gasteiger partial charge in [0.2, 0.25) is 0 Å². The van der Waals surface area contributed by atoms with Crippen molar-refractivity contribution in [1.82, 2.24) is 0 Å². The maximum absolute atomic E-state index is 10.5. The van der Waals surface area contributed by atoms with Crippen molar-refractivity contribution in [2.24, 2.45) is 0 Å². The zero-order valence-corrected chi connectivity index (χ0v) is 15.7. The number of aliphatic hydroxyl groups is 1. The molecule has 5 nitrogen and oxygen atoms in total. The van der Waals surface area contributed by atoms with Crippen LogP contribution in [0, 0.1) is 6.92 Å². The number of hydrogen-bond donors (Lipinski definition) is 3. The normalized spacial score (nSPS) is 12.8. The van der Waals surface area contributed by atoms with Crippen LogP contribution in [-0.2, 0) is 6.54 Å². The Morgan fingerprint density at radius 3 is 2.32 bits per heavy atom. The molecule has 4 N–H and O–H groups in total. The summed E-state index contributed by atoms with van der Waals surface area (Å²) in [5.41, 5.74) is 2.66. The molecule has 0 saturated heterocycles. The number of aryl methyl sites for hydroxylation is 1. The number of benzene rings is 2. The second-order valence-corrected chi connectivity index (χ2v) is 5.98. The lowest BCUT2D eigenvalue weighted by molar-refractivity contribution is -0.709. The van der Waals surface area contributed by atoms with Crippen molar-refractivity contribution < 1.29 is 37.4 Å². The van der Waals surface area contributed by atoms with E-state index in [4.69, 9.17) is 9.47 Å². The topological polar surface area (TPSA) is 75.5 Å². The van der Waals surface area contributed by atoms with Gasteiger partial charge < -0.3 is 37.4 Å².